The van der Waals surface area contributed by atoms with E-state index in [0.29, 0.717) is 16.9 Å². The molecule has 0 radical (unpaired) electrons. The second-order valence-electron chi connectivity index (χ2n) is 8.20. The van der Waals surface area contributed by atoms with E-state index >= 15 is 0 Å². The predicted molar refractivity (Wildman–Crippen MR) is 133 cm³/mol. The molecule has 1 unspecified atom stereocenters. The van der Waals surface area contributed by atoms with Crippen molar-refractivity contribution in [2.24, 2.45) is 0 Å². The number of nitrogens with zero attached hydrogens (tertiary/aromatic N) is 2. The highest BCUT2D eigenvalue weighted by molar-refractivity contribution is 7.92. The number of benzene rings is 2. The number of rotatable bonds is 10. The fourth-order valence-corrected chi connectivity index (χ4v) is 4.75. The molecule has 0 aliphatic rings. The van der Waals surface area contributed by atoms with Crippen molar-refractivity contribution in [2.75, 3.05) is 23.7 Å². The van der Waals surface area contributed by atoms with Gasteiger partial charge in [-0.25, -0.2) is 8.42 Å². The van der Waals surface area contributed by atoms with E-state index in [2.05, 4.69) is 5.32 Å². The van der Waals surface area contributed by atoms with E-state index in [1.165, 1.54) is 4.90 Å². The summed E-state index contributed by atoms with van der Waals surface area (Å²) in [5.41, 5.74) is -0.00309. The first-order valence-corrected chi connectivity index (χ1v) is 13.4. The van der Waals surface area contributed by atoms with Gasteiger partial charge in [-0.05, 0) is 49.6 Å². The zero-order chi connectivity index (χ0) is 27.3. The molecule has 0 spiro atoms. The molecule has 7 nitrogen and oxygen atoms in total. The number of sulfonamides is 1. The van der Waals surface area contributed by atoms with Crippen LogP contribution in [0.15, 0.2) is 42.5 Å². The number of likely N-dealkylation sites (N-methyl/N-ethyl adjacent to an activating group) is 1. The van der Waals surface area contributed by atoms with Crippen LogP contribution in [0, 0.1) is 6.92 Å². The molecule has 2 aromatic carbocycles. The molecule has 2 aromatic rings. The number of aryl methyl sites for hydroxylation is 1. The first-order chi connectivity index (χ1) is 16.7. The highest BCUT2D eigenvalue weighted by atomic mass is 35.5. The molecule has 2 amide bonds. The summed E-state index contributed by atoms with van der Waals surface area (Å²) in [7, 11) is -4.19. The average molecular weight is 548 g/mol. The second-order valence-corrected chi connectivity index (χ2v) is 10.5. The van der Waals surface area contributed by atoms with Crippen molar-refractivity contribution in [2.45, 2.75) is 46.0 Å². The van der Waals surface area contributed by atoms with Crippen LogP contribution >= 0.6 is 11.6 Å². The second kappa shape index (κ2) is 12.0. The summed E-state index contributed by atoms with van der Waals surface area (Å²) < 4.78 is 66.0. The van der Waals surface area contributed by atoms with E-state index in [1.54, 1.807) is 26.0 Å². The number of amides is 2. The van der Waals surface area contributed by atoms with E-state index in [9.17, 15) is 31.2 Å². The summed E-state index contributed by atoms with van der Waals surface area (Å²) >= 11 is 5.68. The van der Waals surface area contributed by atoms with Crippen LogP contribution < -0.4 is 9.62 Å². The summed E-state index contributed by atoms with van der Waals surface area (Å²) in [6, 6.07) is 8.89. The Kier molecular flexibility index (Phi) is 9.78. The van der Waals surface area contributed by atoms with Crippen molar-refractivity contribution in [3.8, 4) is 0 Å². The van der Waals surface area contributed by atoms with Crippen molar-refractivity contribution >= 4 is 39.1 Å². The molecule has 2 rings (SSSR count). The quantitative estimate of drug-likeness (QED) is 0.478. The third-order valence-electron chi connectivity index (χ3n) is 5.56. The van der Waals surface area contributed by atoms with Gasteiger partial charge in [0, 0.05) is 13.1 Å². The minimum Gasteiger partial charge on any atom is -0.355 e. The molecule has 0 saturated carbocycles. The lowest BCUT2D eigenvalue weighted by molar-refractivity contribution is -0.140. The van der Waals surface area contributed by atoms with Gasteiger partial charge in [0.05, 0.1) is 22.5 Å². The van der Waals surface area contributed by atoms with E-state index in [-0.39, 0.29) is 18.7 Å². The minimum atomic E-state index is -4.83. The zero-order valence-electron chi connectivity index (χ0n) is 20.4. The normalized spacial score (nSPS) is 12.7. The van der Waals surface area contributed by atoms with Crippen LogP contribution in [-0.2, 0) is 32.3 Å². The van der Waals surface area contributed by atoms with Gasteiger partial charge >= 0.3 is 6.18 Å². The van der Waals surface area contributed by atoms with E-state index in [0.717, 1.165) is 29.5 Å². The Balaban J connectivity index is 2.53. The van der Waals surface area contributed by atoms with Gasteiger partial charge in [0.1, 0.15) is 12.6 Å². The largest absolute Gasteiger partial charge is 0.417 e. The molecule has 198 valence electrons. The lowest BCUT2D eigenvalue weighted by atomic mass is 10.1. The SMILES string of the molecule is CCNC(=O)C(CC)N(Cc1ccccc1C)C(=O)CN(c1ccc(Cl)c(C(F)(F)F)c1)S(C)(=O)=O. The lowest BCUT2D eigenvalue weighted by Crippen LogP contribution is -2.52. The standard InChI is InChI=1S/C24H29ClF3N3O4S/c1-5-21(23(33)29-6-2)30(14-17-10-8-7-9-16(17)3)22(32)15-31(36(4,34)35)18-11-12-20(25)19(13-18)24(26,27)28/h7-13,21H,5-6,14-15H2,1-4H3,(H,29,33). The molecule has 0 aliphatic carbocycles. The van der Waals surface area contributed by atoms with Crippen LogP contribution in [0.4, 0.5) is 18.9 Å². The molecule has 1 atom stereocenters. The number of carbonyl (C=O) groups excluding carboxylic acids is 2. The summed E-state index contributed by atoms with van der Waals surface area (Å²) in [5, 5.41) is 2.07. The van der Waals surface area contributed by atoms with Crippen LogP contribution in [0.5, 0.6) is 0 Å². The van der Waals surface area contributed by atoms with Gasteiger partial charge in [-0.3, -0.25) is 13.9 Å². The Morgan fingerprint density at radius 1 is 1.11 bits per heavy atom. The summed E-state index contributed by atoms with van der Waals surface area (Å²) in [5.74, 6) is -1.16. The lowest BCUT2D eigenvalue weighted by Gasteiger charge is -2.33. The van der Waals surface area contributed by atoms with Gasteiger partial charge in [0.2, 0.25) is 21.8 Å². The van der Waals surface area contributed by atoms with Crippen LogP contribution in [0.25, 0.3) is 0 Å². The Morgan fingerprint density at radius 3 is 2.28 bits per heavy atom. The molecular formula is C24H29ClF3N3O4S. The molecule has 12 heteroatoms. The zero-order valence-corrected chi connectivity index (χ0v) is 22.0. The number of alkyl halides is 3. The minimum absolute atomic E-state index is 0.00711. The highest BCUT2D eigenvalue weighted by Crippen LogP contribution is 2.37. The van der Waals surface area contributed by atoms with Crippen molar-refractivity contribution in [3.63, 3.8) is 0 Å². The van der Waals surface area contributed by atoms with Crippen molar-refractivity contribution in [3.05, 3.63) is 64.2 Å². The van der Waals surface area contributed by atoms with Gasteiger partial charge < -0.3 is 10.2 Å². The Bertz CT molecular complexity index is 1210. The molecule has 0 aromatic heterocycles. The molecule has 0 saturated heterocycles. The molecule has 0 heterocycles. The number of nitrogens with one attached hydrogen (secondary N) is 1. The number of hydrogen-bond acceptors (Lipinski definition) is 4. The van der Waals surface area contributed by atoms with Gasteiger partial charge in [-0.1, -0.05) is 42.8 Å². The topological polar surface area (TPSA) is 86.8 Å². The maximum absolute atomic E-state index is 13.5. The van der Waals surface area contributed by atoms with E-state index in [4.69, 9.17) is 11.6 Å². The van der Waals surface area contributed by atoms with Crippen molar-refractivity contribution in [1.29, 1.82) is 0 Å². The summed E-state index contributed by atoms with van der Waals surface area (Å²) in [4.78, 5) is 27.6. The van der Waals surface area contributed by atoms with Gasteiger partial charge in [0.25, 0.3) is 0 Å². The first-order valence-electron chi connectivity index (χ1n) is 11.2. The van der Waals surface area contributed by atoms with Crippen LogP contribution in [0.1, 0.15) is 37.0 Å². The first kappa shape index (κ1) is 29.4. The smallest absolute Gasteiger partial charge is 0.355 e. The fourth-order valence-electron chi connectivity index (χ4n) is 3.68. The van der Waals surface area contributed by atoms with Crippen LogP contribution in [-0.4, -0.2) is 50.5 Å². The number of carbonyl (C=O) groups is 2. The molecule has 0 aliphatic heterocycles. The van der Waals surface area contributed by atoms with Crippen LogP contribution in [0.3, 0.4) is 0 Å². The van der Waals surface area contributed by atoms with Gasteiger partial charge in [-0.2, -0.15) is 13.2 Å². The number of halogens is 4. The molecule has 0 fully saturated rings. The Labute approximate surface area is 214 Å². The number of hydrogen-bond donors (Lipinski definition) is 1. The summed E-state index contributed by atoms with van der Waals surface area (Å²) in [6.07, 6.45) is -3.81. The maximum atomic E-state index is 13.5. The van der Waals surface area contributed by atoms with Crippen LogP contribution in [0.2, 0.25) is 5.02 Å². The molecular weight excluding hydrogens is 519 g/mol. The highest BCUT2D eigenvalue weighted by Gasteiger charge is 2.36. The molecule has 0 bridgehead atoms. The maximum Gasteiger partial charge on any atom is 0.417 e. The average Bonchev–Trinajstić information content (AvgIpc) is 2.77. The van der Waals surface area contributed by atoms with E-state index < -0.39 is 51.2 Å². The van der Waals surface area contributed by atoms with Crippen molar-refractivity contribution in [1.82, 2.24) is 10.2 Å². The number of anilines is 1. The van der Waals surface area contributed by atoms with Crippen molar-refractivity contribution < 1.29 is 31.2 Å². The fraction of sp³-hybridized carbons (Fsp3) is 0.417. The monoisotopic (exact) mass is 547 g/mol. The Hall–Kier alpha value is -2.79. The third kappa shape index (κ3) is 7.36. The van der Waals surface area contributed by atoms with Gasteiger partial charge in [-0.15, -0.1) is 0 Å². The molecule has 36 heavy (non-hydrogen) atoms. The third-order valence-corrected chi connectivity index (χ3v) is 7.03. The molecule has 1 N–H and O–H groups in total. The Morgan fingerprint density at radius 2 is 1.75 bits per heavy atom. The van der Waals surface area contributed by atoms with E-state index in [1.807, 2.05) is 19.1 Å². The summed E-state index contributed by atoms with van der Waals surface area (Å²) in [6.45, 7) is 4.79. The van der Waals surface area contributed by atoms with Gasteiger partial charge in [0.15, 0.2) is 0 Å². The predicted octanol–water partition coefficient (Wildman–Crippen LogP) is 4.38.